The molecule has 2 heterocycles. The molecule has 3 aromatic rings. The van der Waals surface area contributed by atoms with E-state index in [1.807, 2.05) is 29.1 Å². The van der Waals surface area contributed by atoms with Crippen molar-refractivity contribution < 1.29 is 0 Å². The van der Waals surface area contributed by atoms with Crippen molar-refractivity contribution in [2.24, 2.45) is 0 Å². The van der Waals surface area contributed by atoms with Gasteiger partial charge in [-0.1, -0.05) is 25.1 Å². The lowest BCUT2D eigenvalue weighted by Crippen LogP contribution is -2.21. The average Bonchev–Trinajstić information content (AvgIpc) is 3.15. The summed E-state index contributed by atoms with van der Waals surface area (Å²) < 4.78 is 3.06. The Morgan fingerprint density at radius 2 is 2.10 bits per heavy atom. The molecule has 1 aromatic carbocycles. The summed E-state index contributed by atoms with van der Waals surface area (Å²) in [5, 5.41) is 12.3. The number of hydrogen-bond acceptors (Lipinski definition) is 3. The minimum absolute atomic E-state index is 0.160. The lowest BCUT2D eigenvalue weighted by Gasteiger charge is -2.16. The third kappa shape index (κ3) is 3.10. The highest BCUT2D eigenvalue weighted by Gasteiger charge is 2.18. The van der Waals surface area contributed by atoms with Gasteiger partial charge in [-0.2, -0.15) is 16.4 Å². The standard InChI is InChI=1S/C16H16BrN3S/c1-2-18-16(14-10-21-11-15(14)17)12-8-19-20(9-12)13-6-4-3-5-7-13/h3-11,16,18H,2H2,1H3. The Bertz CT molecular complexity index is 705. The van der Waals surface area contributed by atoms with Gasteiger partial charge in [-0.15, -0.1) is 0 Å². The first kappa shape index (κ1) is 14.5. The largest absolute Gasteiger partial charge is 0.306 e. The Labute approximate surface area is 136 Å². The number of nitrogens with zero attached hydrogens (tertiary/aromatic N) is 2. The normalized spacial score (nSPS) is 12.5. The van der Waals surface area contributed by atoms with Crippen LogP contribution in [0, 0.1) is 0 Å². The maximum absolute atomic E-state index is 4.49. The van der Waals surface area contributed by atoms with Gasteiger partial charge in [-0.25, -0.2) is 4.68 Å². The highest BCUT2D eigenvalue weighted by Crippen LogP contribution is 2.31. The topological polar surface area (TPSA) is 29.9 Å². The molecule has 5 heteroatoms. The summed E-state index contributed by atoms with van der Waals surface area (Å²) in [5.41, 5.74) is 3.50. The number of aromatic nitrogens is 2. The van der Waals surface area contributed by atoms with Gasteiger partial charge in [-0.05, 0) is 45.6 Å². The quantitative estimate of drug-likeness (QED) is 0.729. The van der Waals surface area contributed by atoms with Crippen LogP contribution >= 0.6 is 27.3 Å². The van der Waals surface area contributed by atoms with E-state index < -0.39 is 0 Å². The molecule has 0 spiro atoms. The molecule has 0 amide bonds. The molecule has 0 bridgehead atoms. The molecule has 0 radical (unpaired) electrons. The van der Waals surface area contributed by atoms with Crippen molar-refractivity contribution in [3.8, 4) is 5.69 Å². The number of para-hydroxylation sites is 1. The van der Waals surface area contributed by atoms with Crippen LogP contribution in [-0.2, 0) is 0 Å². The van der Waals surface area contributed by atoms with E-state index in [4.69, 9.17) is 0 Å². The number of rotatable bonds is 5. The second-order valence-electron chi connectivity index (χ2n) is 4.72. The van der Waals surface area contributed by atoms with E-state index in [-0.39, 0.29) is 6.04 Å². The van der Waals surface area contributed by atoms with Crippen LogP contribution in [0.4, 0.5) is 0 Å². The van der Waals surface area contributed by atoms with Crippen molar-refractivity contribution in [3.63, 3.8) is 0 Å². The Balaban J connectivity index is 1.95. The molecule has 0 aliphatic rings. The fourth-order valence-electron chi connectivity index (χ4n) is 2.32. The van der Waals surface area contributed by atoms with Crippen molar-refractivity contribution in [3.05, 3.63) is 69.1 Å². The zero-order valence-electron chi connectivity index (χ0n) is 11.7. The van der Waals surface area contributed by atoms with Crippen LogP contribution in [0.3, 0.4) is 0 Å². The summed E-state index contributed by atoms with van der Waals surface area (Å²) in [4.78, 5) is 0. The third-order valence-corrected chi connectivity index (χ3v) is 5.07. The number of nitrogens with one attached hydrogen (secondary N) is 1. The van der Waals surface area contributed by atoms with Gasteiger partial charge < -0.3 is 5.32 Å². The van der Waals surface area contributed by atoms with Gasteiger partial charge >= 0.3 is 0 Å². The van der Waals surface area contributed by atoms with E-state index in [1.54, 1.807) is 11.3 Å². The third-order valence-electron chi connectivity index (χ3n) is 3.32. The molecule has 0 saturated heterocycles. The van der Waals surface area contributed by atoms with Crippen LogP contribution < -0.4 is 5.32 Å². The molecule has 21 heavy (non-hydrogen) atoms. The Kier molecular flexibility index (Phi) is 4.53. The first-order chi connectivity index (χ1) is 10.3. The number of hydrogen-bond donors (Lipinski definition) is 1. The smallest absolute Gasteiger partial charge is 0.0645 e. The average molecular weight is 362 g/mol. The van der Waals surface area contributed by atoms with Crippen molar-refractivity contribution in [1.29, 1.82) is 0 Å². The van der Waals surface area contributed by atoms with Crippen LogP contribution in [0.15, 0.2) is 58.0 Å². The molecule has 1 atom stereocenters. The molecule has 3 nitrogen and oxygen atoms in total. The summed E-state index contributed by atoms with van der Waals surface area (Å²) in [5.74, 6) is 0. The molecule has 1 unspecified atom stereocenters. The first-order valence-corrected chi connectivity index (χ1v) is 8.58. The molecule has 1 N–H and O–H groups in total. The summed E-state index contributed by atoms with van der Waals surface area (Å²) in [7, 11) is 0. The molecule has 0 aliphatic carbocycles. The highest BCUT2D eigenvalue weighted by atomic mass is 79.9. The van der Waals surface area contributed by atoms with Gasteiger partial charge in [0.15, 0.2) is 0 Å². The van der Waals surface area contributed by atoms with E-state index in [0.29, 0.717) is 0 Å². The summed E-state index contributed by atoms with van der Waals surface area (Å²) in [6.45, 7) is 3.03. The lowest BCUT2D eigenvalue weighted by atomic mass is 10.1. The van der Waals surface area contributed by atoms with Crippen LogP contribution in [0.1, 0.15) is 24.1 Å². The van der Waals surface area contributed by atoms with Crippen LogP contribution in [0.2, 0.25) is 0 Å². The predicted octanol–water partition coefficient (Wildman–Crippen LogP) is 4.40. The molecule has 3 rings (SSSR count). The molecule has 0 saturated carbocycles. The molecule has 0 fully saturated rings. The zero-order valence-corrected chi connectivity index (χ0v) is 14.1. The minimum atomic E-state index is 0.160. The van der Waals surface area contributed by atoms with Gasteiger partial charge in [-0.3, -0.25) is 0 Å². The number of benzene rings is 1. The van der Waals surface area contributed by atoms with Gasteiger partial charge in [0.1, 0.15) is 0 Å². The van der Waals surface area contributed by atoms with Crippen LogP contribution in [0.5, 0.6) is 0 Å². The van der Waals surface area contributed by atoms with Gasteiger partial charge in [0, 0.05) is 21.6 Å². The number of halogens is 1. The summed E-state index contributed by atoms with van der Waals surface area (Å²) >= 11 is 5.33. The van der Waals surface area contributed by atoms with E-state index in [1.165, 1.54) is 11.1 Å². The van der Waals surface area contributed by atoms with Crippen molar-refractivity contribution in [2.45, 2.75) is 13.0 Å². The second kappa shape index (κ2) is 6.56. The Hall–Kier alpha value is -1.43. The fraction of sp³-hybridized carbons (Fsp3) is 0.188. The van der Waals surface area contributed by atoms with E-state index in [2.05, 4.69) is 62.4 Å². The zero-order chi connectivity index (χ0) is 14.7. The van der Waals surface area contributed by atoms with Crippen LogP contribution in [0.25, 0.3) is 5.69 Å². The Morgan fingerprint density at radius 3 is 2.76 bits per heavy atom. The fourth-order valence-corrected chi connectivity index (χ4v) is 3.87. The van der Waals surface area contributed by atoms with Crippen LogP contribution in [-0.4, -0.2) is 16.3 Å². The summed E-state index contributed by atoms with van der Waals surface area (Å²) in [6, 6.07) is 10.3. The van der Waals surface area contributed by atoms with Gasteiger partial charge in [0.25, 0.3) is 0 Å². The Morgan fingerprint density at radius 1 is 1.29 bits per heavy atom. The lowest BCUT2D eigenvalue weighted by molar-refractivity contribution is 0.630. The minimum Gasteiger partial charge on any atom is -0.306 e. The maximum atomic E-state index is 4.49. The second-order valence-corrected chi connectivity index (χ2v) is 6.32. The van der Waals surface area contributed by atoms with Crippen molar-refractivity contribution in [1.82, 2.24) is 15.1 Å². The monoisotopic (exact) mass is 361 g/mol. The summed E-state index contributed by atoms with van der Waals surface area (Å²) in [6.07, 6.45) is 4.03. The van der Waals surface area contributed by atoms with E-state index in [9.17, 15) is 0 Å². The molecule has 108 valence electrons. The SMILES string of the molecule is CCNC(c1cnn(-c2ccccc2)c1)c1cscc1Br. The maximum Gasteiger partial charge on any atom is 0.0645 e. The van der Waals surface area contributed by atoms with Gasteiger partial charge in [0.2, 0.25) is 0 Å². The molecular formula is C16H16BrN3S. The van der Waals surface area contributed by atoms with E-state index >= 15 is 0 Å². The van der Waals surface area contributed by atoms with Crippen molar-refractivity contribution >= 4 is 27.3 Å². The number of thiophene rings is 1. The highest BCUT2D eigenvalue weighted by molar-refractivity contribution is 9.10. The van der Waals surface area contributed by atoms with Crippen molar-refractivity contribution in [2.75, 3.05) is 6.54 Å². The molecular weight excluding hydrogens is 346 g/mol. The van der Waals surface area contributed by atoms with E-state index in [0.717, 1.165) is 16.7 Å². The first-order valence-electron chi connectivity index (χ1n) is 6.84. The predicted molar refractivity (Wildman–Crippen MR) is 91.1 cm³/mol. The molecule has 2 aromatic heterocycles. The van der Waals surface area contributed by atoms with Gasteiger partial charge in [0.05, 0.1) is 17.9 Å². The molecule has 0 aliphatic heterocycles.